The average Bonchev–Trinajstić information content (AvgIpc) is 2.71. The zero-order chi connectivity index (χ0) is 22.2. The number of unbranched alkanes of at least 4 members (excludes halogenated alkanes) is 12. The van der Waals surface area contributed by atoms with E-state index in [1.54, 1.807) is 0 Å². The van der Waals surface area contributed by atoms with Crippen molar-refractivity contribution in [3.05, 3.63) is 38.4 Å². The van der Waals surface area contributed by atoms with Crippen LogP contribution in [0.25, 0.3) is 0 Å². The van der Waals surface area contributed by atoms with Crippen LogP contribution in [-0.4, -0.2) is 15.8 Å². The van der Waals surface area contributed by atoms with Gasteiger partial charge in [0.25, 0.3) is 11.4 Å². The lowest BCUT2D eigenvalue weighted by Gasteiger charge is -2.05. The van der Waals surface area contributed by atoms with Crippen molar-refractivity contribution >= 4 is 17.3 Å². The van der Waals surface area contributed by atoms with Crippen molar-refractivity contribution in [3.8, 4) is 5.75 Å². The number of hydrogen-bond acceptors (Lipinski definition) is 6. The predicted molar refractivity (Wildman–Crippen MR) is 116 cm³/mol. The van der Waals surface area contributed by atoms with Crippen LogP contribution >= 0.6 is 0 Å². The van der Waals surface area contributed by atoms with Gasteiger partial charge in [-0.05, 0) is 6.42 Å². The summed E-state index contributed by atoms with van der Waals surface area (Å²) in [7, 11) is 0. The molecule has 30 heavy (non-hydrogen) atoms. The van der Waals surface area contributed by atoms with Crippen LogP contribution < -0.4 is 4.74 Å². The Hall–Kier alpha value is -2.51. The fraction of sp³-hybridized carbons (Fsp3) is 0.682. The summed E-state index contributed by atoms with van der Waals surface area (Å²) < 4.78 is 5.06. The van der Waals surface area contributed by atoms with Gasteiger partial charge < -0.3 is 4.74 Å². The molecule has 0 radical (unpaired) electrons. The van der Waals surface area contributed by atoms with Gasteiger partial charge in [0.05, 0.1) is 28.0 Å². The van der Waals surface area contributed by atoms with Crippen LogP contribution in [0.15, 0.2) is 18.2 Å². The number of carbonyl (C=O) groups excluding carboxylic acids is 1. The summed E-state index contributed by atoms with van der Waals surface area (Å²) in [5.74, 6) is -0.705. The van der Waals surface area contributed by atoms with E-state index >= 15 is 0 Å². The molecule has 0 N–H and O–H groups in total. The number of benzene rings is 1. The Balaban J connectivity index is 2.14. The number of esters is 1. The van der Waals surface area contributed by atoms with Crippen LogP contribution in [0.2, 0.25) is 0 Å². The van der Waals surface area contributed by atoms with Crippen molar-refractivity contribution in [2.45, 2.75) is 96.8 Å². The SMILES string of the molecule is CCCCCCCCCCCCCCCC(=O)Oc1cc([N+](=O)[O-])cc([N+](=O)[O-])c1. The van der Waals surface area contributed by atoms with E-state index < -0.39 is 27.2 Å². The second-order valence-corrected chi connectivity index (χ2v) is 7.67. The molecule has 1 aromatic carbocycles. The zero-order valence-corrected chi connectivity index (χ0v) is 18.0. The number of non-ortho nitro benzene ring substituents is 2. The van der Waals surface area contributed by atoms with E-state index in [4.69, 9.17) is 4.74 Å². The lowest BCUT2D eigenvalue weighted by atomic mass is 10.0. The van der Waals surface area contributed by atoms with E-state index in [0.717, 1.165) is 37.5 Å². The van der Waals surface area contributed by atoms with Crippen molar-refractivity contribution in [1.82, 2.24) is 0 Å². The number of rotatable bonds is 17. The Morgan fingerprint density at radius 2 is 1.13 bits per heavy atom. The number of hydrogen-bond donors (Lipinski definition) is 0. The highest BCUT2D eigenvalue weighted by atomic mass is 16.6. The molecule has 0 aliphatic rings. The molecular weight excluding hydrogens is 388 g/mol. The largest absolute Gasteiger partial charge is 0.426 e. The summed E-state index contributed by atoms with van der Waals surface area (Å²) in [5.41, 5.74) is -0.957. The summed E-state index contributed by atoms with van der Waals surface area (Å²) in [6.07, 6.45) is 15.8. The van der Waals surface area contributed by atoms with Crippen molar-refractivity contribution in [3.63, 3.8) is 0 Å². The van der Waals surface area contributed by atoms with Gasteiger partial charge in [0.2, 0.25) is 0 Å². The summed E-state index contributed by atoms with van der Waals surface area (Å²) in [4.78, 5) is 32.1. The van der Waals surface area contributed by atoms with Crippen LogP contribution in [0, 0.1) is 20.2 Å². The molecule has 0 bridgehead atoms. The van der Waals surface area contributed by atoms with Crippen LogP contribution in [0.5, 0.6) is 5.75 Å². The highest BCUT2D eigenvalue weighted by molar-refractivity contribution is 5.73. The van der Waals surface area contributed by atoms with Crippen LogP contribution in [-0.2, 0) is 4.79 Å². The molecule has 1 aromatic rings. The fourth-order valence-corrected chi connectivity index (χ4v) is 3.31. The topological polar surface area (TPSA) is 113 Å². The molecule has 168 valence electrons. The van der Waals surface area contributed by atoms with Crippen molar-refractivity contribution in [2.24, 2.45) is 0 Å². The lowest BCUT2D eigenvalue weighted by Crippen LogP contribution is -2.08. The zero-order valence-electron chi connectivity index (χ0n) is 18.0. The number of nitro groups is 2. The minimum atomic E-state index is -0.753. The summed E-state index contributed by atoms with van der Waals surface area (Å²) in [6.45, 7) is 2.23. The van der Waals surface area contributed by atoms with Gasteiger partial charge in [-0.3, -0.25) is 25.0 Å². The third kappa shape index (κ3) is 11.5. The first-order valence-electron chi connectivity index (χ1n) is 11.1. The number of ether oxygens (including phenoxy) is 1. The second-order valence-electron chi connectivity index (χ2n) is 7.67. The molecule has 0 amide bonds. The smallest absolute Gasteiger partial charge is 0.311 e. The van der Waals surface area contributed by atoms with Gasteiger partial charge in [0.15, 0.2) is 0 Å². The molecule has 0 aliphatic carbocycles. The summed E-state index contributed by atoms with van der Waals surface area (Å²) >= 11 is 0. The Kier molecular flexibility index (Phi) is 13.1. The highest BCUT2D eigenvalue weighted by Gasteiger charge is 2.18. The van der Waals surface area contributed by atoms with Gasteiger partial charge in [0, 0.05) is 6.42 Å². The first-order chi connectivity index (χ1) is 14.4. The van der Waals surface area contributed by atoms with Crippen molar-refractivity contribution in [1.29, 1.82) is 0 Å². The molecule has 0 heterocycles. The van der Waals surface area contributed by atoms with E-state index in [0.29, 0.717) is 6.42 Å². The van der Waals surface area contributed by atoms with E-state index in [2.05, 4.69) is 6.92 Å². The highest BCUT2D eigenvalue weighted by Crippen LogP contribution is 2.27. The fourth-order valence-electron chi connectivity index (χ4n) is 3.31. The van der Waals surface area contributed by atoms with E-state index in [9.17, 15) is 25.0 Å². The lowest BCUT2D eigenvalue weighted by molar-refractivity contribution is -0.394. The molecule has 0 saturated carbocycles. The Morgan fingerprint density at radius 3 is 1.53 bits per heavy atom. The third-order valence-corrected chi connectivity index (χ3v) is 5.01. The second kappa shape index (κ2) is 15.3. The molecule has 8 heteroatoms. The van der Waals surface area contributed by atoms with E-state index in [1.807, 2.05) is 0 Å². The maximum Gasteiger partial charge on any atom is 0.311 e. The van der Waals surface area contributed by atoms with Gasteiger partial charge in [-0.15, -0.1) is 0 Å². The minimum Gasteiger partial charge on any atom is -0.426 e. The number of carbonyl (C=O) groups is 1. The quantitative estimate of drug-likeness (QED) is 0.0888. The number of nitrogens with zero attached hydrogens (tertiary/aromatic N) is 2. The first kappa shape index (κ1) is 25.5. The average molecular weight is 423 g/mol. The predicted octanol–water partition coefficient (Wildman–Crippen LogP) is 6.89. The molecular formula is C22H34N2O6. The molecule has 0 aliphatic heterocycles. The van der Waals surface area contributed by atoms with E-state index in [-0.39, 0.29) is 12.2 Å². The molecule has 0 atom stereocenters. The van der Waals surface area contributed by atoms with Crippen molar-refractivity contribution < 1.29 is 19.4 Å². The molecule has 0 spiro atoms. The van der Waals surface area contributed by atoms with E-state index in [1.165, 1.54) is 57.8 Å². The van der Waals surface area contributed by atoms with Gasteiger partial charge in [-0.25, -0.2) is 0 Å². The monoisotopic (exact) mass is 422 g/mol. The molecule has 0 aromatic heterocycles. The minimum absolute atomic E-state index is 0.171. The van der Waals surface area contributed by atoms with Crippen LogP contribution in [0.1, 0.15) is 96.8 Å². The van der Waals surface area contributed by atoms with Gasteiger partial charge in [0.1, 0.15) is 5.75 Å². The maximum absolute atomic E-state index is 11.9. The molecule has 0 fully saturated rings. The Morgan fingerprint density at radius 1 is 0.733 bits per heavy atom. The van der Waals surface area contributed by atoms with Crippen LogP contribution in [0.4, 0.5) is 11.4 Å². The Bertz CT molecular complexity index is 645. The maximum atomic E-state index is 11.9. The number of nitro benzene ring substituents is 2. The van der Waals surface area contributed by atoms with Crippen LogP contribution in [0.3, 0.4) is 0 Å². The normalized spacial score (nSPS) is 10.7. The molecule has 0 unspecified atom stereocenters. The third-order valence-electron chi connectivity index (χ3n) is 5.01. The van der Waals surface area contributed by atoms with Crippen molar-refractivity contribution in [2.75, 3.05) is 0 Å². The van der Waals surface area contributed by atoms with Gasteiger partial charge in [-0.1, -0.05) is 84.0 Å². The molecule has 1 rings (SSSR count). The standard InChI is InChI=1S/C22H34N2O6/c1-2-3-4-5-6-7-8-9-10-11-12-13-14-15-22(25)30-21-17-19(23(26)27)16-20(18-21)24(28)29/h16-18H,2-15H2,1H3. The molecule has 0 saturated heterocycles. The molecule has 8 nitrogen and oxygen atoms in total. The summed E-state index contributed by atoms with van der Waals surface area (Å²) in [6, 6.07) is 2.88. The van der Waals surface area contributed by atoms with Gasteiger partial charge >= 0.3 is 5.97 Å². The first-order valence-corrected chi connectivity index (χ1v) is 11.1. The summed E-state index contributed by atoms with van der Waals surface area (Å²) in [5, 5.41) is 21.7. The van der Waals surface area contributed by atoms with Gasteiger partial charge in [-0.2, -0.15) is 0 Å². The Labute approximate surface area is 178 Å².